The fraction of sp³-hybridized carbons (Fsp3) is 0.364. The van der Waals surface area contributed by atoms with Gasteiger partial charge in [-0.05, 0) is 12.1 Å². The summed E-state index contributed by atoms with van der Waals surface area (Å²) in [5, 5.41) is 3.73. The molecule has 2 rings (SSSR count). The first-order valence-corrected chi connectivity index (χ1v) is 7.10. The van der Waals surface area contributed by atoms with Crippen LogP contribution < -0.4 is 0 Å². The molecule has 2 aromatic rings. The molecule has 2 aromatic heterocycles. The second-order valence-electron chi connectivity index (χ2n) is 4.13. The molecule has 0 bridgehead atoms. The zero-order valence-corrected chi connectivity index (χ0v) is 10.9. The summed E-state index contributed by atoms with van der Waals surface area (Å²) in [6, 6.07) is 4.71. The second kappa shape index (κ2) is 4.85. The van der Waals surface area contributed by atoms with Gasteiger partial charge in [-0.25, -0.2) is 13.4 Å². The van der Waals surface area contributed by atoms with E-state index in [0.717, 1.165) is 0 Å². The van der Waals surface area contributed by atoms with Crippen molar-refractivity contribution in [2.75, 3.05) is 0 Å². The number of rotatable bonds is 4. The Kier molecular flexibility index (Phi) is 3.42. The third-order valence-corrected chi connectivity index (χ3v) is 3.78. The fourth-order valence-electron chi connectivity index (χ4n) is 1.33. The smallest absolute Gasteiger partial charge is 0.242 e. The molecule has 0 atom stereocenters. The van der Waals surface area contributed by atoms with Crippen LogP contribution in [0, 0.1) is 0 Å². The molecule has 2 heterocycles. The van der Waals surface area contributed by atoms with E-state index in [0.29, 0.717) is 5.82 Å². The Balaban J connectivity index is 2.23. The lowest BCUT2D eigenvalue weighted by atomic mass is 10.2. The topological polar surface area (TPSA) is 86.0 Å². The van der Waals surface area contributed by atoms with Crippen LogP contribution in [0.25, 0.3) is 0 Å². The maximum Gasteiger partial charge on any atom is 0.242 e. The van der Waals surface area contributed by atoms with Crippen LogP contribution in [0.1, 0.15) is 31.5 Å². The van der Waals surface area contributed by atoms with E-state index in [1.54, 1.807) is 12.1 Å². The van der Waals surface area contributed by atoms with E-state index in [9.17, 15) is 8.42 Å². The van der Waals surface area contributed by atoms with Gasteiger partial charge in [0.05, 0.1) is 0 Å². The van der Waals surface area contributed by atoms with Crippen molar-refractivity contribution in [2.45, 2.75) is 30.5 Å². The summed E-state index contributed by atoms with van der Waals surface area (Å²) in [6.45, 7) is 3.81. The lowest BCUT2D eigenvalue weighted by molar-refractivity contribution is 0.380. The van der Waals surface area contributed by atoms with Gasteiger partial charge in [-0.3, -0.25) is 0 Å². The summed E-state index contributed by atoms with van der Waals surface area (Å²) >= 11 is 0. The van der Waals surface area contributed by atoms with E-state index in [4.69, 9.17) is 4.52 Å². The monoisotopic (exact) mass is 267 g/mol. The Bertz CT molecular complexity index is 620. The van der Waals surface area contributed by atoms with Gasteiger partial charge >= 0.3 is 0 Å². The highest BCUT2D eigenvalue weighted by Gasteiger charge is 2.21. The van der Waals surface area contributed by atoms with Gasteiger partial charge in [0.1, 0.15) is 5.75 Å². The van der Waals surface area contributed by atoms with E-state index < -0.39 is 9.84 Å². The molecule has 0 N–H and O–H groups in total. The minimum Gasteiger partial charge on any atom is -0.338 e. The maximum atomic E-state index is 12.0. The molecular formula is C11H13N3O3S. The van der Waals surface area contributed by atoms with E-state index in [1.807, 2.05) is 13.8 Å². The number of hydrogen-bond donors (Lipinski definition) is 0. The van der Waals surface area contributed by atoms with Crippen LogP contribution in [0.3, 0.4) is 0 Å². The Morgan fingerprint density at radius 1 is 1.33 bits per heavy atom. The van der Waals surface area contributed by atoms with Gasteiger partial charge in [0.15, 0.2) is 10.9 Å². The van der Waals surface area contributed by atoms with Gasteiger partial charge in [0.25, 0.3) is 0 Å². The molecule has 0 aliphatic rings. The fourth-order valence-corrected chi connectivity index (χ4v) is 2.43. The highest BCUT2D eigenvalue weighted by atomic mass is 32.2. The summed E-state index contributed by atoms with van der Waals surface area (Å²) in [6.07, 6.45) is 1.43. The van der Waals surface area contributed by atoms with Crippen LogP contribution in [0.15, 0.2) is 33.9 Å². The zero-order valence-electron chi connectivity index (χ0n) is 10.1. The van der Waals surface area contributed by atoms with Crippen molar-refractivity contribution in [1.82, 2.24) is 15.1 Å². The van der Waals surface area contributed by atoms with Crippen molar-refractivity contribution in [3.8, 4) is 0 Å². The van der Waals surface area contributed by atoms with E-state index in [2.05, 4.69) is 15.1 Å². The van der Waals surface area contributed by atoms with Gasteiger partial charge in [0.2, 0.25) is 15.7 Å². The van der Waals surface area contributed by atoms with Crippen molar-refractivity contribution in [3.05, 3.63) is 36.1 Å². The van der Waals surface area contributed by atoms with Gasteiger partial charge in [-0.15, -0.1) is 0 Å². The molecule has 0 aliphatic carbocycles. The molecule has 0 unspecified atom stereocenters. The Morgan fingerprint density at radius 3 is 2.67 bits per heavy atom. The third-order valence-electron chi connectivity index (χ3n) is 2.27. The van der Waals surface area contributed by atoms with Crippen LogP contribution in [-0.2, 0) is 15.6 Å². The molecule has 0 amide bonds. The molecular weight excluding hydrogens is 254 g/mol. The molecule has 18 heavy (non-hydrogen) atoms. The molecule has 0 radical (unpaired) electrons. The minimum absolute atomic E-state index is 0.00861. The summed E-state index contributed by atoms with van der Waals surface area (Å²) in [5.74, 6) is 0.356. The summed E-state index contributed by atoms with van der Waals surface area (Å²) in [7, 11) is -3.53. The molecule has 0 fully saturated rings. The Morgan fingerprint density at radius 2 is 2.11 bits per heavy atom. The van der Waals surface area contributed by atoms with Gasteiger partial charge in [-0.1, -0.05) is 25.1 Å². The predicted molar refractivity (Wildman–Crippen MR) is 63.5 cm³/mol. The number of hydrogen-bond acceptors (Lipinski definition) is 6. The van der Waals surface area contributed by atoms with Crippen LogP contribution in [0.5, 0.6) is 0 Å². The lowest BCUT2D eigenvalue weighted by Gasteiger charge is -1.99. The van der Waals surface area contributed by atoms with Gasteiger partial charge in [-0.2, -0.15) is 4.98 Å². The highest BCUT2D eigenvalue weighted by Crippen LogP contribution is 2.15. The standard InChI is InChI=1S/C11H13N3O3S/c1-8(2)11-13-9(17-14-11)7-18(15,16)10-5-3-4-6-12-10/h3-6,8H,7H2,1-2H3. The number of sulfone groups is 1. The zero-order chi connectivity index (χ0) is 13.2. The van der Waals surface area contributed by atoms with E-state index in [-0.39, 0.29) is 22.6 Å². The quantitative estimate of drug-likeness (QED) is 0.835. The van der Waals surface area contributed by atoms with Crippen LogP contribution >= 0.6 is 0 Å². The number of nitrogens with zero attached hydrogens (tertiary/aromatic N) is 3. The van der Waals surface area contributed by atoms with Crippen molar-refractivity contribution >= 4 is 9.84 Å². The first-order valence-electron chi connectivity index (χ1n) is 5.45. The molecule has 0 aromatic carbocycles. The average Bonchev–Trinajstić information content (AvgIpc) is 2.78. The molecule has 0 aliphatic heterocycles. The molecule has 0 saturated heterocycles. The maximum absolute atomic E-state index is 12.0. The van der Waals surface area contributed by atoms with Gasteiger partial charge < -0.3 is 4.52 Å². The number of pyridine rings is 1. The van der Waals surface area contributed by atoms with Gasteiger partial charge in [0, 0.05) is 12.1 Å². The highest BCUT2D eigenvalue weighted by molar-refractivity contribution is 7.90. The van der Waals surface area contributed by atoms with Crippen LogP contribution in [0.4, 0.5) is 0 Å². The van der Waals surface area contributed by atoms with Crippen LogP contribution in [-0.4, -0.2) is 23.5 Å². The molecule has 7 heteroatoms. The Hall–Kier alpha value is -1.76. The number of aromatic nitrogens is 3. The van der Waals surface area contributed by atoms with Crippen molar-refractivity contribution in [2.24, 2.45) is 0 Å². The first kappa shape index (κ1) is 12.7. The first-order chi connectivity index (χ1) is 8.49. The third kappa shape index (κ3) is 2.73. The molecule has 96 valence electrons. The van der Waals surface area contributed by atoms with E-state index >= 15 is 0 Å². The summed E-state index contributed by atoms with van der Waals surface area (Å²) in [5.41, 5.74) is 0. The molecule has 0 spiro atoms. The normalized spacial score (nSPS) is 11.9. The second-order valence-corrected chi connectivity index (χ2v) is 6.06. The largest absolute Gasteiger partial charge is 0.338 e. The average molecular weight is 267 g/mol. The molecule has 0 saturated carbocycles. The van der Waals surface area contributed by atoms with Crippen molar-refractivity contribution in [3.63, 3.8) is 0 Å². The Labute approximate surface area is 105 Å². The molecule has 6 nitrogen and oxygen atoms in total. The van der Waals surface area contributed by atoms with E-state index in [1.165, 1.54) is 12.3 Å². The lowest BCUT2D eigenvalue weighted by Crippen LogP contribution is -2.07. The predicted octanol–water partition coefficient (Wildman–Crippen LogP) is 1.56. The van der Waals surface area contributed by atoms with Crippen molar-refractivity contribution < 1.29 is 12.9 Å². The van der Waals surface area contributed by atoms with Crippen LogP contribution in [0.2, 0.25) is 0 Å². The SMILES string of the molecule is CC(C)c1noc(CS(=O)(=O)c2ccccn2)n1. The summed E-state index contributed by atoms with van der Waals surface area (Å²) in [4.78, 5) is 7.85. The van der Waals surface area contributed by atoms with Crippen molar-refractivity contribution in [1.29, 1.82) is 0 Å². The summed E-state index contributed by atoms with van der Waals surface area (Å²) < 4.78 is 28.9. The minimum atomic E-state index is -3.53.